The van der Waals surface area contributed by atoms with Gasteiger partial charge in [-0.1, -0.05) is 0 Å². The Kier molecular flexibility index (Phi) is 3.73. The Morgan fingerprint density at radius 2 is 2.00 bits per heavy atom. The standard InChI is InChI=1S/C8H16N2O2/c1-8(2,3)9-7(12)5-10(4)6-11/h6H,5H2,1-4H3,(H,9,12). The highest BCUT2D eigenvalue weighted by atomic mass is 16.2. The molecule has 0 bridgehead atoms. The van der Waals surface area contributed by atoms with Gasteiger partial charge in [0.05, 0.1) is 6.54 Å². The first-order chi connectivity index (χ1) is 5.35. The fraction of sp³-hybridized carbons (Fsp3) is 0.750. The van der Waals surface area contributed by atoms with E-state index in [0.717, 1.165) is 0 Å². The average Bonchev–Trinajstić information content (AvgIpc) is 1.82. The number of nitrogens with one attached hydrogen (secondary N) is 1. The highest BCUT2D eigenvalue weighted by molar-refractivity contribution is 5.80. The minimum atomic E-state index is -0.235. The molecular formula is C8H16N2O2. The van der Waals surface area contributed by atoms with E-state index in [1.54, 1.807) is 7.05 Å². The van der Waals surface area contributed by atoms with Crippen LogP contribution >= 0.6 is 0 Å². The summed E-state index contributed by atoms with van der Waals surface area (Å²) in [5.74, 6) is -0.142. The molecule has 12 heavy (non-hydrogen) atoms. The van der Waals surface area contributed by atoms with Crippen LogP contribution in [0, 0.1) is 0 Å². The number of carbonyl (C=O) groups excluding carboxylic acids is 2. The van der Waals surface area contributed by atoms with Gasteiger partial charge in [-0.15, -0.1) is 0 Å². The first kappa shape index (κ1) is 10.9. The van der Waals surface area contributed by atoms with Crippen LogP contribution in [-0.4, -0.2) is 36.3 Å². The van der Waals surface area contributed by atoms with E-state index < -0.39 is 0 Å². The summed E-state index contributed by atoms with van der Waals surface area (Å²) in [4.78, 5) is 22.6. The summed E-state index contributed by atoms with van der Waals surface area (Å²) in [7, 11) is 1.56. The van der Waals surface area contributed by atoms with Crippen molar-refractivity contribution >= 4 is 12.3 Å². The second kappa shape index (κ2) is 4.09. The van der Waals surface area contributed by atoms with E-state index in [-0.39, 0.29) is 18.0 Å². The van der Waals surface area contributed by atoms with Crippen molar-refractivity contribution in [3.8, 4) is 0 Å². The predicted octanol–water partition coefficient (Wildman–Crippen LogP) is -0.0107. The van der Waals surface area contributed by atoms with Crippen molar-refractivity contribution in [2.75, 3.05) is 13.6 Å². The molecular weight excluding hydrogens is 156 g/mol. The number of likely N-dealkylation sites (N-methyl/N-ethyl adjacent to an activating group) is 1. The summed E-state index contributed by atoms with van der Waals surface area (Å²) in [6, 6.07) is 0. The SMILES string of the molecule is CN(C=O)CC(=O)NC(C)(C)C. The molecule has 0 unspecified atom stereocenters. The third-order valence-corrected chi connectivity index (χ3v) is 1.09. The molecule has 0 radical (unpaired) electrons. The van der Waals surface area contributed by atoms with E-state index >= 15 is 0 Å². The third-order valence-electron chi connectivity index (χ3n) is 1.09. The van der Waals surface area contributed by atoms with Crippen LogP contribution in [0.4, 0.5) is 0 Å². The van der Waals surface area contributed by atoms with Gasteiger partial charge in [0.2, 0.25) is 12.3 Å². The summed E-state index contributed by atoms with van der Waals surface area (Å²) < 4.78 is 0. The van der Waals surface area contributed by atoms with Crippen LogP contribution in [0.25, 0.3) is 0 Å². The highest BCUT2D eigenvalue weighted by Gasteiger charge is 2.13. The normalized spacial score (nSPS) is 10.7. The summed E-state index contributed by atoms with van der Waals surface area (Å²) >= 11 is 0. The molecule has 1 N–H and O–H groups in total. The van der Waals surface area contributed by atoms with Gasteiger partial charge >= 0.3 is 0 Å². The van der Waals surface area contributed by atoms with Crippen LogP contribution in [-0.2, 0) is 9.59 Å². The maximum atomic E-state index is 11.1. The zero-order chi connectivity index (χ0) is 9.78. The van der Waals surface area contributed by atoms with Crippen LogP contribution in [0.3, 0.4) is 0 Å². The van der Waals surface area contributed by atoms with E-state index in [9.17, 15) is 9.59 Å². The van der Waals surface area contributed by atoms with Crippen LogP contribution in [0.2, 0.25) is 0 Å². The Balaban J connectivity index is 3.82. The Hall–Kier alpha value is -1.06. The Labute approximate surface area is 72.9 Å². The molecule has 0 rings (SSSR count). The molecule has 4 heteroatoms. The maximum absolute atomic E-state index is 11.1. The minimum absolute atomic E-state index is 0.112. The fourth-order valence-electron chi connectivity index (χ4n) is 0.722. The Morgan fingerprint density at radius 1 is 1.50 bits per heavy atom. The van der Waals surface area contributed by atoms with E-state index in [0.29, 0.717) is 6.41 Å². The van der Waals surface area contributed by atoms with Crippen molar-refractivity contribution in [1.82, 2.24) is 10.2 Å². The lowest BCUT2D eigenvalue weighted by atomic mass is 10.1. The summed E-state index contributed by atoms with van der Waals surface area (Å²) in [5.41, 5.74) is -0.235. The second-order valence-electron chi connectivity index (χ2n) is 3.82. The minimum Gasteiger partial charge on any atom is -0.350 e. The second-order valence-corrected chi connectivity index (χ2v) is 3.82. The van der Waals surface area contributed by atoms with Gasteiger partial charge in [-0.05, 0) is 20.8 Å². The molecule has 0 aromatic carbocycles. The lowest BCUT2D eigenvalue weighted by Gasteiger charge is -2.21. The van der Waals surface area contributed by atoms with Crippen molar-refractivity contribution in [1.29, 1.82) is 0 Å². The molecule has 0 aliphatic heterocycles. The molecule has 0 aromatic rings. The van der Waals surface area contributed by atoms with Crippen molar-refractivity contribution in [2.24, 2.45) is 0 Å². The van der Waals surface area contributed by atoms with Gasteiger partial charge in [0.15, 0.2) is 0 Å². The summed E-state index contributed by atoms with van der Waals surface area (Å²) in [6.07, 6.45) is 0.627. The quantitative estimate of drug-likeness (QED) is 0.609. The van der Waals surface area contributed by atoms with E-state index in [2.05, 4.69) is 5.32 Å². The van der Waals surface area contributed by atoms with E-state index in [4.69, 9.17) is 0 Å². The Bertz CT molecular complexity index is 172. The highest BCUT2D eigenvalue weighted by Crippen LogP contribution is 1.97. The third kappa shape index (κ3) is 5.70. The van der Waals surface area contributed by atoms with Crippen molar-refractivity contribution in [2.45, 2.75) is 26.3 Å². The number of carbonyl (C=O) groups is 2. The topological polar surface area (TPSA) is 49.4 Å². The van der Waals surface area contributed by atoms with Crippen LogP contribution in [0.5, 0.6) is 0 Å². The zero-order valence-corrected chi connectivity index (χ0v) is 8.05. The molecule has 0 saturated heterocycles. The van der Waals surface area contributed by atoms with E-state index in [1.807, 2.05) is 20.8 Å². The number of amides is 2. The molecule has 4 nitrogen and oxygen atoms in total. The van der Waals surface area contributed by atoms with Gasteiger partial charge in [0.25, 0.3) is 0 Å². The van der Waals surface area contributed by atoms with Crippen molar-refractivity contribution < 1.29 is 9.59 Å². The smallest absolute Gasteiger partial charge is 0.240 e. The molecule has 70 valence electrons. The lowest BCUT2D eigenvalue weighted by molar-refractivity contribution is -0.128. The first-order valence-corrected chi connectivity index (χ1v) is 3.82. The van der Waals surface area contributed by atoms with E-state index in [1.165, 1.54) is 4.90 Å². The number of hydrogen-bond donors (Lipinski definition) is 1. The van der Waals surface area contributed by atoms with Gasteiger partial charge in [-0.3, -0.25) is 9.59 Å². The largest absolute Gasteiger partial charge is 0.350 e. The van der Waals surface area contributed by atoms with Gasteiger partial charge in [0.1, 0.15) is 0 Å². The molecule has 0 heterocycles. The van der Waals surface area contributed by atoms with Crippen LogP contribution < -0.4 is 5.32 Å². The van der Waals surface area contributed by atoms with Gasteiger partial charge < -0.3 is 10.2 Å². The molecule has 0 atom stereocenters. The zero-order valence-electron chi connectivity index (χ0n) is 8.05. The van der Waals surface area contributed by atoms with Crippen molar-refractivity contribution in [3.05, 3.63) is 0 Å². The molecule has 2 amide bonds. The van der Waals surface area contributed by atoms with Gasteiger partial charge in [0, 0.05) is 12.6 Å². The summed E-state index contributed by atoms with van der Waals surface area (Å²) in [6.45, 7) is 5.80. The monoisotopic (exact) mass is 172 g/mol. The van der Waals surface area contributed by atoms with Crippen LogP contribution in [0.1, 0.15) is 20.8 Å². The molecule has 0 fully saturated rings. The van der Waals surface area contributed by atoms with Gasteiger partial charge in [-0.25, -0.2) is 0 Å². The Morgan fingerprint density at radius 3 is 2.33 bits per heavy atom. The first-order valence-electron chi connectivity index (χ1n) is 3.82. The number of nitrogens with zero attached hydrogens (tertiary/aromatic N) is 1. The maximum Gasteiger partial charge on any atom is 0.240 e. The molecule has 0 aliphatic carbocycles. The molecule has 0 aromatic heterocycles. The molecule has 0 aliphatic rings. The number of rotatable bonds is 3. The number of hydrogen-bond acceptors (Lipinski definition) is 2. The molecule has 0 saturated carbocycles. The predicted molar refractivity (Wildman–Crippen MR) is 46.6 cm³/mol. The average molecular weight is 172 g/mol. The van der Waals surface area contributed by atoms with Crippen molar-refractivity contribution in [3.63, 3.8) is 0 Å². The fourth-order valence-corrected chi connectivity index (χ4v) is 0.722. The lowest BCUT2D eigenvalue weighted by Crippen LogP contribution is -2.44. The molecule has 0 spiro atoms. The summed E-state index contributed by atoms with van der Waals surface area (Å²) in [5, 5.41) is 2.74. The van der Waals surface area contributed by atoms with Crippen LogP contribution in [0.15, 0.2) is 0 Å². The van der Waals surface area contributed by atoms with Gasteiger partial charge in [-0.2, -0.15) is 0 Å².